The van der Waals surface area contributed by atoms with Gasteiger partial charge in [-0.3, -0.25) is 9.88 Å². The van der Waals surface area contributed by atoms with Gasteiger partial charge in [0.1, 0.15) is 0 Å². The number of methoxy groups -OCH3 is 1. The summed E-state index contributed by atoms with van der Waals surface area (Å²) in [4.78, 5) is 7.12. The Balaban J connectivity index is 1.87. The number of aromatic nitrogens is 1. The number of hydrogen-bond acceptors (Lipinski definition) is 4. The van der Waals surface area contributed by atoms with Gasteiger partial charge in [0.15, 0.2) is 0 Å². The maximum absolute atomic E-state index is 5.39. The maximum atomic E-state index is 5.39. The van der Waals surface area contributed by atoms with E-state index in [1.165, 1.54) is 5.69 Å². The summed E-state index contributed by atoms with van der Waals surface area (Å²) >= 11 is 0. The number of piperidine rings is 1. The number of nitrogens with zero attached hydrogens (tertiary/aromatic N) is 2. The van der Waals surface area contributed by atoms with Crippen molar-refractivity contribution in [2.45, 2.75) is 32.0 Å². The minimum atomic E-state index is 0.449. The van der Waals surface area contributed by atoms with E-state index in [0.717, 1.165) is 44.7 Å². The van der Waals surface area contributed by atoms with Crippen LogP contribution in [0.2, 0.25) is 0 Å². The third-order valence-corrected chi connectivity index (χ3v) is 3.48. The summed E-state index contributed by atoms with van der Waals surface area (Å²) in [5, 5.41) is 3.14. The number of likely N-dealkylation sites (tertiary alicyclic amines) is 1. The van der Waals surface area contributed by atoms with Gasteiger partial charge in [-0.2, -0.15) is 0 Å². The van der Waals surface area contributed by atoms with Crippen LogP contribution in [0.1, 0.15) is 24.2 Å². The van der Waals surface area contributed by atoms with E-state index in [4.69, 9.17) is 4.74 Å². The summed E-state index contributed by atoms with van der Waals surface area (Å²) in [6.07, 6.45) is 2.71. The largest absolute Gasteiger partial charge is 0.381 e. The molecule has 1 N–H and O–H groups in total. The second-order valence-electron chi connectivity index (χ2n) is 4.86. The minimum Gasteiger partial charge on any atom is -0.381 e. The van der Waals surface area contributed by atoms with E-state index < -0.39 is 0 Å². The third-order valence-electron chi connectivity index (χ3n) is 3.48. The van der Waals surface area contributed by atoms with Crippen molar-refractivity contribution >= 4 is 0 Å². The van der Waals surface area contributed by atoms with Crippen LogP contribution in [-0.4, -0.2) is 43.2 Å². The first-order valence-corrected chi connectivity index (χ1v) is 6.66. The molecule has 1 aromatic heterocycles. The smallest absolute Gasteiger partial charge is 0.0595 e. The summed E-state index contributed by atoms with van der Waals surface area (Å²) in [5.74, 6) is 0. The van der Waals surface area contributed by atoms with Crippen LogP contribution in [0, 0.1) is 0 Å². The predicted molar refractivity (Wildman–Crippen MR) is 72.3 cm³/mol. The third kappa shape index (κ3) is 3.77. The highest BCUT2D eigenvalue weighted by Crippen LogP contribution is 2.15. The topological polar surface area (TPSA) is 37.4 Å². The van der Waals surface area contributed by atoms with E-state index in [2.05, 4.69) is 33.4 Å². The Hall–Kier alpha value is -0.970. The van der Waals surface area contributed by atoms with Crippen molar-refractivity contribution in [2.75, 3.05) is 27.2 Å². The molecule has 0 radical (unpaired) electrons. The highest BCUT2D eigenvalue weighted by molar-refractivity contribution is 5.11. The fourth-order valence-corrected chi connectivity index (χ4v) is 2.43. The molecule has 2 rings (SSSR count). The highest BCUT2D eigenvalue weighted by atomic mass is 16.5. The predicted octanol–water partition coefficient (Wildman–Crippen LogP) is 1.41. The Kier molecular flexibility index (Phi) is 5.11. The van der Waals surface area contributed by atoms with Crippen LogP contribution in [0.5, 0.6) is 0 Å². The number of pyridine rings is 1. The van der Waals surface area contributed by atoms with Crippen molar-refractivity contribution < 1.29 is 4.74 Å². The van der Waals surface area contributed by atoms with Gasteiger partial charge in [0.2, 0.25) is 0 Å². The van der Waals surface area contributed by atoms with Crippen molar-refractivity contribution in [1.29, 1.82) is 0 Å². The molecule has 0 amide bonds. The zero-order valence-corrected chi connectivity index (χ0v) is 11.4. The van der Waals surface area contributed by atoms with Gasteiger partial charge in [0, 0.05) is 33.3 Å². The van der Waals surface area contributed by atoms with Crippen LogP contribution < -0.4 is 5.32 Å². The van der Waals surface area contributed by atoms with Crippen molar-refractivity contribution in [3.05, 3.63) is 29.6 Å². The maximum Gasteiger partial charge on any atom is 0.0595 e. The normalized spacial score (nSPS) is 18.1. The zero-order valence-electron chi connectivity index (χ0n) is 11.4. The molecule has 0 spiro atoms. The molecule has 1 aliphatic rings. The van der Waals surface area contributed by atoms with Gasteiger partial charge in [-0.25, -0.2) is 0 Å². The molecule has 0 aliphatic carbocycles. The van der Waals surface area contributed by atoms with Gasteiger partial charge in [-0.15, -0.1) is 0 Å². The Morgan fingerprint density at radius 1 is 1.33 bits per heavy atom. The fourth-order valence-electron chi connectivity index (χ4n) is 2.43. The summed E-state index contributed by atoms with van der Waals surface area (Å²) in [7, 11) is 3.76. The van der Waals surface area contributed by atoms with Crippen LogP contribution in [0.15, 0.2) is 18.2 Å². The second-order valence-corrected chi connectivity index (χ2v) is 4.86. The number of rotatable bonds is 5. The van der Waals surface area contributed by atoms with Gasteiger partial charge in [0.25, 0.3) is 0 Å². The molecule has 1 aromatic rings. The molecule has 0 aromatic carbocycles. The molecule has 18 heavy (non-hydrogen) atoms. The lowest BCUT2D eigenvalue weighted by atomic mass is 10.1. The van der Waals surface area contributed by atoms with E-state index in [1.807, 2.05) is 14.2 Å². The first kappa shape index (κ1) is 13.5. The summed E-state index contributed by atoms with van der Waals surface area (Å²) < 4.78 is 5.39. The Morgan fingerprint density at radius 2 is 2.06 bits per heavy atom. The van der Waals surface area contributed by atoms with Crippen molar-refractivity contribution in [2.24, 2.45) is 0 Å². The first-order chi connectivity index (χ1) is 8.81. The molecule has 0 atom stereocenters. The van der Waals surface area contributed by atoms with Crippen molar-refractivity contribution in [1.82, 2.24) is 15.2 Å². The summed E-state index contributed by atoms with van der Waals surface area (Å²) in [5.41, 5.74) is 2.28. The van der Waals surface area contributed by atoms with E-state index in [1.54, 1.807) is 0 Å². The van der Waals surface area contributed by atoms with Crippen LogP contribution in [0.4, 0.5) is 0 Å². The van der Waals surface area contributed by atoms with E-state index in [-0.39, 0.29) is 0 Å². The van der Waals surface area contributed by atoms with Crippen LogP contribution in [-0.2, 0) is 17.8 Å². The zero-order chi connectivity index (χ0) is 12.8. The number of nitrogens with one attached hydrogen (secondary N) is 1. The molecule has 2 heterocycles. The molecular formula is C14H23N3O. The van der Waals surface area contributed by atoms with Crippen molar-refractivity contribution in [3.63, 3.8) is 0 Å². The number of ether oxygens (including phenoxy) is 1. The molecule has 0 saturated carbocycles. The van der Waals surface area contributed by atoms with E-state index in [9.17, 15) is 0 Å². The van der Waals surface area contributed by atoms with Crippen molar-refractivity contribution in [3.8, 4) is 0 Å². The van der Waals surface area contributed by atoms with E-state index in [0.29, 0.717) is 6.10 Å². The quantitative estimate of drug-likeness (QED) is 0.856. The molecule has 1 fully saturated rings. The van der Waals surface area contributed by atoms with Crippen LogP contribution in [0.25, 0.3) is 0 Å². The standard InChI is InChI=1S/C14H23N3O/c1-15-10-12-4-3-5-13(16-12)11-17-8-6-14(18-2)7-9-17/h3-5,14-15H,6-11H2,1-2H3. The highest BCUT2D eigenvalue weighted by Gasteiger charge is 2.18. The molecule has 4 nitrogen and oxygen atoms in total. The lowest BCUT2D eigenvalue weighted by Crippen LogP contribution is -2.36. The lowest BCUT2D eigenvalue weighted by Gasteiger charge is -2.30. The van der Waals surface area contributed by atoms with Gasteiger partial charge in [-0.1, -0.05) is 6.07 Å². The van der Waals surface area contributed by atoms with E-state index >= 15 is 0 Å². The minimum absolute atomic E-state index is 0.449. The average molecular weight is 249 g/mol. The molecule has 100 valence electrons. The molecule has 0 unspecified atom stereocenters. The number of hydrogen-bond donors (Lipinski definition) is 1. The van der Waals surface area contributed by atoms with Gasteiger partial charge < -0.3 is 10.1 Å². The van der Waals surface area contributed by atoms with Crippen LogP contribution >= 0.6 is 0 Å². The second kappa shape index (κ2) is 6.83. The monoisotopic (exact) mass is 249 g/mol. The Labute approximate surface area is 109 Å². The molecular weight excluding hydrogens is 226 g/mol. The van der Waals surface area contributed by atoms with Gasteiger partial charge in [0.05, 0.1) is 17.5 Å². The SMILES string of the molecule is CNCc1cccc(CN2CCC(OC)CC2)n1. The fraction of sp³-hybridized carbons (Fsp3) is 0.643. The van der Waals surface area contributed by atoms with Gasteiger partial charge in [-0.05, 0) is 32.0 Å². The molecule has 1 aliphatic heterocycles. The van der Waals surface area contributed by atoms with Crippen LogP contribution in [0.3, 0.4) is 0 Å². The summed E-state index contributed by atoms with van der Waals surface area (Å²) in [6.45, 7) is 4.00. The molecule has 4 heteroatoms. The Bertz CT molecular complexity index is 362. The lowest BCUT2D eigenvalue weighted by molar-refractivity contribution is 0.0385. The molecule has 1 saturated heterocycles. The average Bonchev–Trinajstić information content (AvgIpc) is 2.40. The molecule has 0 bridgehead atoms. The van der Waals surface area contributed by atoms with Gasteiger partial charge >= 0.3 is 0 Å². The Morgan fingerprint density at radius 3 is 2.72 bits per heavy atom. The first-order valence-electron chi connectivity index (χ1n) is 6.66. The summed E-state index contributed by atoms with van der Waals surface area (Å²) in [6, 6.07) is 6.27.